The fourth-order valence-electron chi connectivity index (χ4n) is 2.43. The third kappa shape index (κ3) is 2.85. The number of hydrogen-bond acceptors (Lipinski definition) is 4. The Morgan fingerprint density at radius 3 is 2.70 bits per heavy atom. The van der Waals surface area contributed by atoms with E-state index in [9.17, 15) is 9.59 Å². The van der Waals surface area contributed by atoms with Crippen LogP contribution in [0.1, 0.15) is 15.9 Å². The van der Waals surface area contributed by atoms with Gasteiger partial charge in [0.2, 0.25) is 0 Å². The van der Waals surface area contributed by atoms with Crippen LogP contribution in [0.15, 0.2) is 41.2 Å². The van der Waals surface area contributed by atoms with Crippen molar-refractivity contribution in [3.05, 3.63) is 57.2 Å². The molecule has 6 heteroatoms. The largest absolute Gasteiger partial charge is 0.496 e. The molecule has 0 fully saturated rings. The highest BCUT2D eigenvalue weighted by atomic mass is 32.1. The Morgan fingerprint density at radius 1 is 1.22 bits per heavy atom. The van der Waals surface area contributed by atoms with Crippen LogP contribution < -0.4 is 14.9 Å². The van der Waals surface area contributed by atoms with E-state index in [-0.39, 0.29) is 10.8 Å². The van der Waals surface area contributed by atoms with Crippen molar-refractivity contribution in [1.82, 2.24) is 4.57 Å². The topological polar surface area (TPSA) is 60.3 Å². The van der Waals surface area contributed by atoms with Crippen LogP contribution in [0, 0.1) is 6.92 Å². The fraction of sp³-hybridized carbons (Fsp3) is 0.176. The molecule has 0 aliphatic carbocycles. The zero-order valence-corrected chi connectivity index (χ0v) is 13.9. The van der Waals surface area contributed by atoms with Gasteiger partial charge in [-0.2, -0.15) is 0 Å². The summed E-state index contributed by atoms with van der Waals surface area (Å²) < 4.78 is 7.64. The molecule has 0 saturated carbocycles. The van der Waals surface area contributed by atoms with E-state index >= 15 is 0 Å². The summed E-state index contributed by atoms with van der Waals surface area (Å²) in [7, 11) is 3.34. The van der Waals surface area contributed by atoms with Crippen LogP contribution in [-0.2, 0) is 7.05 Å². The van der Waals surface area contributed by atoms with E-state index in [0.29, 0.717) is 11.3 Å². The molecule has 23 heavy (non-hydrogen) atoms. The van der Waals surface area contributed by atoms with E-state index in [1.54, 1.807) is 43.0 Å². The Kier molecular flexibility index (Phi) is 3.92. The van der Waals surface area contributed by atoms with Gasteiger partial charge in [-0.3, -0.25) is 9.59 Å². The predicted molar refractivity (Wildman–Crippen MR) is 92.8 cm³/mol. The standard InChI is InChI=1S/C17H16N2O3S/c1-10-8-11(4-7-14(10)22-3)16(20)18-12-5-6-13-15(9-12)23-17(21)19(13)2/h4-9H,1-3H3,(H,18,20). The van der Waals surface area contributed by atoms with Gasteiger partial charge in [0.15, 0.2) is 0 Å². The first-order valence-corrected chi connectivity index (χ1v) is 7.87. The smallest absolute Gasteiger partial charge is 0.307 e. The van der Waals surface area contributed by atoms with Crippen LogP contribution in [0.4, 0.5) is 5.69 Å². The number of fused-ring (bicyclic) bond motifs is 1. The number of hydrogen-bond donors (Lipinski definition) is 1. The monoisotopic (exact) mass is 328 g/mol. The molecule has 1 N–H and O–H groups in total. The van der Waals surface area contributed by atoms with Crippen molar-refractivity contribution < 1.29 is 9.53 Å². The van der Waals surface area contributed by atoms with Crippen molar-refractivity contribution in [2.75, 3.05) is 12.4 Å². The first kappa shape index (κ1) is 15.3. The number of aryl methyl sites for hydroxylation is 2. The average Bonchev–Trinajstić information content (AvgIpc) is 2.81. The van der Waals surface area contributed by atoms with Gasteiger partial charge in [0.05, 0.1) is 17.3 Å². The number of thiazole rings is 1. The maximum atomic E-state index is 12.4. The summed E-state index contributed by atoms with van der Waals surface area (Å²) in [6.45, 7) is 1.89. The molecule has 0 atom stereocenters. The zero-order chi connectivity index (χ0) is 16.6. The lowest BCUT2D eigenvalue weighted by Gasteiger charge is -2.08. The Hall–Kier alpha value is -2.60. The molecule has 0 aliphatic heterocycles. The van der Waals surface area contributed by atoms with Gasteiger partial charge in [0.1, 0.15) is 5.75 Å². The molecule has 0 aliphatic rings. The summed E-state index contributed by atoms with van der Waals surface area (Å²) in [5, 5.41) is 2.86. The molecule has 0 spiro atoms. The van der Waals surface area contributed by atoms with Gasteiger partial charge in [-0.15, -0.1) is 0 Å². The molecule has 0 radical (unpaired) electrons. The van der Waals surface area contributed by atoms with E-state index in [1.807, 2.05) is 19.1 Å². The third-order valence-electron chi connectivity index (χ3n) is 3.71. The van der Waals surface area contributed by atoms with Crippen LogP contribution in [0.3, 0.4) is 0 Å². The number of nitrogens with zero attached hydrogens (tertiary/aromatic N) is 1. The Morgan fingerprint density at radius 2 is 2.00 bits per heavy atom. The summed E-state index contributed by atoms with van der Waals surface area (Å²) >= 11 is 1.16. The molecular formula is C17H16N2O3S. The second-order valence-corrected chi connectivity index (χ2v) is 6.24. The summed E-state index contributed by atoms with van der Waals surface area (Å²) in [5.74, 6) is 0.551. The average molecular weight is 328 g/mol. The minimum Gasteiger partial charge on any atom is -0.496 e. The van der Waals surface area contributed by atoms with Crippen LogP contribution >= 0.6 is 11.3 Å². The molecule has 1 amide bonds. The molecule has 1 aromatic heterocycles. The van der Waals surface area contributed by atoms with Crippen LogP contribution in [0.5, 0.6) is 5.75 Å². The molecule has 0 saturated heterocycles. The summed E-state index contributed by atoms with van der Waals surface area (Å²) in [4.78, 5) is 24.0. The first-order chi connectivity index (χ1) is 11.0. The Balaban J connectivity index is 1.87. The molecule has 5 nitrogen and oxygen atoms in total. The van der Waals surface area contributed by atoms with Crippen LogP contribution in [0.25, 0.3) is 10.2 Å². The van der Waals surface area contributed by atoms with E-state index in [2.05, 4.69) is 5.32 Å². The number of carbonyl (C=O) groups excluding carboxylic acids is 1. The predicted octanol–water partition coefficient (Wildman–Crippen LogP) is 3.17. The van der Waals surface area contributed by atoms with Crippen molar-refractivity contribution in [2.45, 2.75) is 6.92 Å². The fourth-order valence-corrected chi connectivity index (χ4v) is 3.35. The molecule has 118 valence electrons. The van der Waals surface area contributed by atoms with Gasteiger partial charge in [-0.05, 0) is 48.9 Å². The van der Waals surface area contributed by atoms with Crippen molar-refractivity contribution >= 4 is 33.1 Å². The maximum Gasteiger partial charge on any atom is 0.307 e. The Bertz CT molecular complexity index is 956. The van der Waals surface area contributed by atoms with Gasteiger partial charge in [-0.25, -0.2) is 0 Å². The second-order valence-electron chi connectivity index (χ2n) is 5.25. The number of carbonyl (C=O) groups is 1. The van der Waals surface area contributed by atoms with E-state index in [4.69, 9.17) is 4.74 Å². The quantitative estimate of drug-likeness (QED) is 0.803. The summed E-state index contributed by atoms with van der Waals surface area (Å²) in [5.41, 5.74) is 2.98. The van der Waals surface area contributed by atoms with Crippen molar-refractivity contribution in [3.63, 3.8) is 0 Å². The Labute approximate surface area is 137 Å². The first-order valence-electron chi connectivity index (χ1n) is 7.05. The lowest BCUT2D eigenvalue weighted by Crippen LogP contribution is -2.12. The number of nitrogens with one attached hydrogen (secondary N) is 1. The molecule has 0 unspecified atom stereocenters. The molecule has 3 rings (SSSR count). The van der Waals surface area contributed by atoms with Crippen molar-refractivity contribution in [3.8, 4) is 5.75 Å². The highest BCUT2D eigenvalue weighted by Gasteiger charge is 2.10. The maximum absolute atomic E-state index is 12.4. The van der Waals surface area contributed by atoms with Gasteiger partial charge >= 0.3 is 4.87 Å². The lowest BCUT2D eigenvalue weighted by atomic mass is 10.1. The van der Waals surface area contributed by atoms with Gasteiger partial charge in [0.25, 0.3) is 5.91 Å². The van der Waals surface area contributed by atoms with E-state index < -0.39 is 0 Å². The van der Waals surface area contributed by atoms with Gasteiger partial charge in [0, 0.05) is 18.3 Å². The minimum atomic E-state index is -0.196. The number of amides is 1. The molecular weight excluding hydrogens is 312 g/mol. The van der Waals surface area contributed by atoms with Gasteiger partial charge < -0.3 is 14.6 Å². The highest BCUT2D eigenvalue weighted by molar-refractivity contribution is 7.16. The van der Waals surface area contributed by atoms with Gasteiger partial charge in [-0.1, -0.05) is 11.3 Å². The lowest BCUT2D eigenvalue weighted by molar-refractivity contribution is 0.102. The molecule has 3 aromatic rings. The van der Waals surface area contributed by atoms with E-state index in [1.165, 1.54) is 0 Å². The SMILES string of the molecule is COc1ccc(C(=O)Nc2ccc3c(c2)sc(=O)n3C)cc1C. The normalized spacial score (nSPS) is 10.7. The zero-order valence-electron chi connectivity index (χ0n) is 13.0. The van der Waals surface area contributed by atoms with Crippen molar-refractivity contribution in [1.29, 1.82) is 0 Å². The molecule has 0 bridgehead atoms. The molecule has 2 aromatic carbocycles. The van der Waals surface area contributed by atoms with E-state index in [0.717, 1.165) is 32.9 Å². The number of aromatic nitrogens is 1. The molecule has 1 heterocycles. The minimum absolute atomic E-state index is 0.0192. The third-order valence-corrected chi connectivity index (χ3v) is 4.70. The second kappa shape index (κ2) is 5.89. The van der Waals surface area contributed by atoms with Crippen LogP contribution in [0.2, 0.25) is 0 Å². The number of benzene rings is 2. The number of ether oxygens (including phenoxy) is 1. The summed E-state index contributed by atoms with van der Waals surface area (Å²) in [6.07, 6.45) is 0. The summed E-state index contributed by atoms with van der Waals surface area (Å²) in [6, 6.07) is 10.7. The number of anilines is 1. The van der Waals surface area contributed by atoms with Crippen molar-refractivity contribution in [2.24, 2.45) is 7.05 Å². The number of rotatable bonds is 3. The number of methoxy groups -OCH3 is 1. The van der Waals surface area contributed by atoms with Crippen LogP contribution in [-0.4, -0.2) is 17.6 Å². The highest BCUT2D eigenvalue weighted by Crippen LogP contribution is 2.23.